The summed E-state index contributed by atoms with van der Waals surface area (Å²) in [6, 6.07) is 15.7. The number of rotatable bonds is 11. The number of aromatic nitrogens is 1. The molecule has 1 aromatic heterocycles. The Hall–Kier alpha value is -1.83. The van der Waals surface area contributed by atoms with E-state index in [4.69, 9.17) is 16.3 Å². The molecule has 2 N–H and O–H groups in total. The summed E-state index contributed by atoms with van der Waals surface area (Å²) in [4.78, 5) is 8.16. The van der Waals surface area contributed by atoms with E-state index < -0.39 is 6.10 Å². The van der Waals surface area contributed by atoms with Gasteiger partial charge in [0.2, 0.25) is 0 Å². The highest BCUT2D eigenvalue weighted by Gasteiger charge is 2.29. The van der Waals surface area contributed by atoms with E-state index in [1.807, 2.05) is 48.2 Å². The Balaban J connectivity index is 1.25. The molecule has 1 saturated heterocycles. The smallest absolute Gasteiger partial charge is 0.119 e. The van der Waals surface area contributed by atoms with E-state index in [0.717, 1.165) is 71.9 Å². The lowest BCUT2D eigenvalue weighted by Crippen LogP contribution is -2.42. The molecule has 7 heteroatoms. The van der Waals surface area contributed by atoms with Crippen molar-refractivity contribution >= 4 is 34.3 Å². The van der Waals surface area contributed by atoms with Gasteiger partial charge in [0.25, 0.3) is 0 Å². The molecular formula is C28H35ClN2O3S. The normalized spacial score (nSPS) is 19.7. The summed E-state index contributed by atoms with van der Waals surface area (Å²) in [5.41, 5.74) is 1.75. The number of hydrogen-bond donors (Lipinski definition) is 2. The lowest BCUT2D eigenvalue weighted by Gasteiger charge is -2.38. The van der Waals surface area contributed by atoms with Crippen molar-refractivity contribution in [3.63, 3.8) is 0 Å². The number of fused-ring (bicyclic) bond motifs is 1. The van der Waals surface area contributed by atoms with E-state index in [1.54, 1.807) is 13.3 Å². The minimum atomic E-state index is -0.560. The number of likely N-dealkylation sites (tertiary alicyclic amines) is 1. The van der Waals surface area contributed by atoms with Crippen LogP contribution in [0.4, 0.5) is 0 Å². The fraction of sp³-hybridized carbons (Fsp3) is 0.464. The summed E-state index contributed by atoms with van der Waals surface area (Å²) >= 11 is 7.82. The summed E-state index contributed by atoms with van der Waals surface area (Å²) in [6.45, 7) is 3.24. The average molecular weight is 515 g/mol. The number of hydrogen-bond acceptors (Lipinski definition) is 6. The Bertz CT molecular complexity index is 1080. The molecule has 4 rings (SSSR count). The highest BCUT2D eigenvalue weighted by Crippen LogP contribution is 2.33. The number of halogens is 1. The molecule has 3 atom stereocenters. The molecule has 2 aromatic carbocycles. The van der Waals surface area contributed by atoms with E-state index in [1.165, 1.54) is 4.90 Å². The van der Waals surface area contributed by atoms with Crippen LogP contribution in [0.25, 0.3) is 10.9 Å². The van der Waals surface area contributed by atoms with Gasteiger partial charge in [-0.15, -0.1) is 11.8 Å². The molecule has 0 amide bonds. The second-order valence-electron chi connectivity index (χ2n) is 9.32. The monoisotopic (exact) mass is 514 g/mol. The van der Waals surface area contributed by atoms with Crippen molar-refractivity contribution in [1.29, 1.82) is 0 Å². The van der Waals surface area contributed by atoms with Crippen LogP contribution in [-0.4, -0.2) is 59.2 Å². The highest BCUT2D eigenvalue weighted by atomic mass is 35.5. The quantitative estimate of drug-likeness (QED) is 0.248. The van der Waals surface area contributed by atoms with Gasteiger partial charge in [-0.25, -0.2) is 0 Å². The Kier molecular flexibility index (Phi) is 9.69. The van der Waals surface area contributed by atoms with Gasteiger partial charge in [0.1, 0.15) is 5.75 Å². The van der Waals surface area contributed by atoms with Crippen molar-refractivity contribution < 1.29 is 14.9 Å². The Morgan fingerprint density at radius 2 is 2.00 bits per heavy atom. The zero-order valence-electron chi connectivity index (χ0n) is 20.3. The first-order chi connectivity index (χ1) is 17.1. The summed E-state index contributed by atoms with van der Waals surface area (Å²) in [7, 11) is 1.65. The third-order valence-corrected chi connectivity index (χ3v) is 8.41. The number of piperidine rings is 1. The predicted octanol–water partition coefficient (Wildman–Crippen LogP) is 5.82. The van der Waals surface area contributed by atoms with Gasteiger partial charge in [0.15, 0.2) is 0 Å². The second-order valence-corrected chi connectivity index (χ2v) is 10.9. The maximum Gasteiger partial charge on any atom is 0.119 e. The number of benzene rings is 2. The molecule has 0 saturated carbocycles. The van der Waals surface area contributed by atoms with E-state index in [-0.39, 0.29) is 12.5 Å². The minimum absolute atomic E-state index is 0.201. The number of aliphatic hydroxyl groups is 2. The Labute approximate surface area is 217 Å². The number of thioether (sulfide) groups is 1. The molecule has 0 bridgehead atoms. The van der Waals surface area contributed by atoms with Crippen molar-refractivity contribution in [2.75, 3.05) is 39.1 Å². The lowest BCUT2D eigenvalue weighted by molar-refractivity contribution is 0.0581. The predicted molar refractivity (Wildman–Crippen MR) is 144 cm³/mol. The van der Waals surface area contributed by atoms with Crippen LogP contribution in [0.15, 0.2) is 59.6 Å². The Morgan fingerprint density at radius 3 is 2.77 bits per heavy atom. The van der Waals surface area contributed by atoms with Crippen LogP contribution in [-0.2, 0) is 0 Å². The topological polar surface area (TPSA) is 65.8 Å². The second kappa shape index (κ2) is 12.9. The van der Waals surface area contributed by atoms with Crippen molar-refractivity contribution in [2.24, 2.45) is 11.8 Å². The lowest BCUT2D eigenvalue weighted by atomic mass is 9.81. The summed E-state index contributed by atoms with van der Waals surface area (Å²) in [5.74, 6) is 2.52. The number of pyridine rings is 1. The van der Waals surface area contributed by atoms with Crippen LogP contribution in [0.2, 0.25) is 5.02 Å². The number of ether oxygens (including phenoxy) is 1. The van der Waals surface area contributed by atoms with Gasteiger partial charge in [-0.2, -0.15) is 0 Å². The maximum absolute atomic E-state index is 11.0. The van der Waals surface area contributed by atoms with Crippen LogP contribution in [0.1, 0.15) is 37.4 Å². The molecular weight excluding hydrogens is 480 g/mol. The first-order valence-electron chi connectivity index (χ1n) is 12.4. The average Bonchev–Trinajstić information content (AvgIpc) is 2.90. The fourth-order valence-electron chi connectivity index (χ4n) is 5.05. The van der Waals surface area contributed by atoms with Crippen LogP contribution >= 0.6 is 23.4 Å². The van der Waals surface area contributed by atoms with E-state index in [9.17, 15) is 10.2 Å². The van der Waals surface area contributed by atoms with Gasteiger partial charge in [0.05, 0.1) is 18.7 Å². The van der Waals surface area contributed by atoms with Crippen LogP contribution < -0.4 is 4.74 Å². The first-order valence-corrected chi connectivity index (χ1v) is 13.8. The van der Waals surface area contributed by atoms with Crippen molar-refractivity contribution in [2.45, 2.75) is 36.7 Å². The van der Waals surface area contributed by atoms with Gasteiger partial charge in [0, 0.05) is 34.7 Å². The largest absolute Gasteiger partial charge is 0.497 e. The van der Waals surface area contributed by atoms with Gasteiger partial charge in [-0.05, 0) is 110 Å². The third kappa shape index (κ3) is 7.11. The molecule has 1 aliphatic heterocycles. The van der Waals surface area contributed by atoms with Crippen LogP contribution in [0.3, 0.4) is 0 Å². The molecule has 35 heavy (non-hydrogen) atoms. The molecule has 1 aliphatic rings. The molecule has 0 spiro atoms. The molecule has 0 aliphatic carbocycles. The molecule has 2 heterocycles. The molecule has 3 aromatic rings. The number of nitrogens with zero attached hydrogens (tertiary/aromatic N) is 2. The summed E-state index contributed by atoms with van der Waals surface area (Å²) < 4.78 is 5.36. The zero-order valence-corrected chi connectivity index (χ0v) is 21.8. The highest BCUT2D eigenvalue weighted by molar-refractivity contribution is 7.99. The van der Waals surface area contributed by atoms with Crippen molar-refractivity contribution in [1.82, 2.24) is 9.88 Å². The fourth-order valence-corrected chi connectivity index (χ4v) is 6.01. The van der Waals surface area contributed by atoms with Gasteiger partial charge >= 0.3 is 0 Å². The zero-order chi connectivity index (χ0) is 24.6. The van der Waals surface area contributed by atoms with Crippen molar-refractivity contribution in [3.05, 3.63) is 65.3 Å². The van der Waals surface area contributed by atoms with E-state index in [2.05, 4.69) is 22.0 Å². The molecule has 1 fully saturated rings. The van der Waals surface area contributed by atoms with Gasteiger partial charge < -0.3 is 19.8 Å². The SMILES string of the molecule is COc1ccc2nccc(C(O)CC[C@@H]3CCN(CCCSc4ccc(Cl)cc4)C[C@@H]3CO)c2c1. The summed E-state index contributed by atoms with van der Waals surface area (Å²) in [6.07, 6.45) is 4.96. The van der Waals surface area contributed by atoms with Gasteiger partial charge in [-0.1, -0.05) is 11.6 Å². The van der Waals surface area contributed by atoms with E-state index in [0.29, 0.717) is 12.3 Å². The molecule has 1 unspecified atom stereocenters. The van der Waals surface area contributed by atoms with Crippen LogP contribution in [0.5, 0.6) is 5.75 Å². The van der Waals surface area contributed by atoms with Gasteiger partial charge in [-0.3, -0.25) is 4.98 Å². The standard InChI is InChI=1S/C28H35ClN2O3S/c1-34-23-6-9-27-26(17-23)25(11-13-30-27)28(33)10-3-20-12-15-31(18-21(20)19-32)14-2-16-35-24-7-4-22(29)5-8-24/h4-9,11,13,17,20-21,28,32-33H,2-3,10,12,14-16,18-19H2,1H3/t20-,21-,28?/m1/s1. The molecule has 5 nitrogen and oxygen atoms in total. The molecule has 188 valence electrons. The Morgan fingerprint density at radius 1 is 1.17 bits per heavy atom. The number of aliphatic hydroxyl groups excluding tert-OH is 2. The maximum atomic E-state index is 11.0. The van der Waals surface area contributed by atoms with E-state index >= 15 is 0 Å². The molecule has 0 radical (unpaired) electrons. The summed E-state index contributed by atoms with van der Waals surface area (Å²) in [5, 5.41) is 22.8. The van der Waals surface area contributed by atoms with Crippen LogP contribution in [0, 0.1) is 11.8 Å². The first kappa shape index (κ1) is 26.2. The van der Waals surface area contributed by atoms with Crippen molar-refractivity contribution in [3.8, 4) is 5.75 Å². The minimum Gasteiger partial charge on any atom is -0.497 e. The number of methoxy groups -OCH3 is 1. The third-order valence-electron chi connectivity index (χ3n) is 7.06.